The first-order valence-corrected chi connectivity index (χ1v) is 8.38. The van der Waals surface area contributed by atoms with Crippen molar-refractivity contribution in [3.05, 3.63) is 65.7 Å². The van der Waals surface area contributed by atoms with E-state index in [0.29, 0.717) is 13.0 Å². The minimum absolute atomic E-state index is 0.0442. The number of amides is 2. The van der Waals surface area contributed by atoms with Gasteiger partial charge in [0, 0.05) is 24.6 Å². The summed E-state index contributed by atoms with van der Waals surface area (Å²) in [4.78, 5) is 26.2. The first-order chi connectivity index (χ1) is 11.7. The van der Waals surface area contributed by atoms with Gasteiger partial charge in [0.1, 0.15) is 0 Å². The number of rotatable bonds is 5. The summed E-state index contributed by atoms with van der Waals surface area (Å²) in [5.74, 6) is 0.0789. The van der Waals surface area contributed by atoms with Gasteiger partial charge in [0.15, 0.2) is 0 Å². The average molecular weight is 322 g/mol. The molecule has 1 N–H and O–H groups in total. The third kappa shape index (κ3) is 3.65. The standard InChI is InChI=1S/C20H22N2O2/c1-2-15-8-6-7-11-18(15)21-19(23)14-22-13-17(12-20(22)24)16-9-4-3-5-10-16/h3-11,17H,2,12-14H2,1H3,(H,21,23). The predicted molar refractivity (Wildman–Crippen MR) is 94.8 cm³/mol. The highest BCUT2D eigenvalue weighted by atomic mass is 16.2. The van der Waals surface area contributed by atoms with Gasteiger partial charge in [-0.1, -0.05) is 55.5 Å². The van der Waals surface area contributed by atoms with Crippen LogP contribution in [0.25, 0.3) is 0 Å². The second-order valence-corrected chi connectivity index (χ2v) is 6.14. The molecule has 1 unspecified atom stereocenters. The van der Waals surface area contributed by atoms with Crippen LogP contribution in [-0.2, 0) is 16.0 Å². The highest BCUT2D eigenvalue weighted by molar-refractivity contribution is 5.95. The summed E-state index contributed by atoms with van der Waals surface area (Å²) in [5, 5.41) is 2.93. The SMILES string of the molecule is CCc1ccccc1NC(=O)CN1CC(c2ccccc2)CC1=O. The Morgan fingerprint density at radius 3 is 2.58 bits per heavy atom. The number of carbonyl (C=O) groups excluding carboxylic acids is 2. The van der Waals surface area contributed by atoms with Gasteiger partial charge in [-0.2, -0.15) is 0 Å². The summed E-state index contributed by atoms with van der Waals surface area (Å²) in [5.41, 5.74) is 3.09. The van der Waals surface area contributed by atoms with E-state index in [1.54, 1.807) is 4.90 Å². The van der Waals surface area contributed by atoms with Gasteiger partial charge >= 0.3 is 0 Å². The molecule has 3 rings (SSSR count). The molecule has 2 aromatic rings. The van der Waals surface area contributed by atoms with Crippen LogP contribution in [0.4, 0.5) is 5.69 Å². The molecule has 2 aromatic carbocycles. The van der Waals surface area contributed by atoms with Crippen molar-refractivity contribution in [1.29, 1.82) is 0 Å². The van der Waals surface area contributed by atoms with E-state index in [1.807, 2.05) is 54.6 Å². The van der Waals surface area contributed by atoms with E-state index in [4.69, 9.17) is 0 Å². The predicted octanol–water partition coefficient (Wildman–Crippen LogP) is 3.20. The molecule has 124 valence electrons. The fourth-order valence-corrected chi connectivity index (χ4v) is 3.19. The van der Waals surface area contributed by atoms with Crippen LogP contribution in [0.1, 0.15) is 30.4 Å². The zero-order valence-electron chi connectivity index (χ0n) is 13.9. The summed E-state index contributed by atoms with van der Waals surface area (Å²) >= 11 is 0. The van der Waals surface area contributed by atoms with Crippen LogP contribution in [0.3, 0.4) is 0 Å². The lowest BCUT2D eigenvalue weighted by molar-refractivity contribution is -0.131. The summed E-state index contributed by atoms with van der Waals surface area (Å²) in [6.45, 7) is 2.77. The molecular formula is C20H22N2O2. The highest BCUT2D eigenvalue weighted by Crippen LogP contribution is 2.27. The Morgan fingerprint density at radius 1 is 1.12 bits per heavy atom. The smallest absolute Gasteiger partial charge is 0.244 e. The van der Waals surface area contributed by atoms with Crippen LogP contribution in [-0.4, -0.2) is 29.8 Å². The molecule has 1 saturated heterocycles. The second kappa shape index (κ2) is 7.30. The van der Waals surface area contributed by atoms with Gasteiger partial charge in [-0.15, -0.1) is 0 Å². The van der Waals surface area contributed by atoms with E-state index >= 15 is 0 Å². The number of carbonyl (C=O) groups is 2. The van der Waals surface area contributed by atoms with Crippen molar-refractivity contribution < 1.29 is 9.59 Å². The lowest BCUT2D eigenvalue weighted by atomic mass is 9.99. The molecule has 0 bridgehead atoms. The zero-order valence-corrected chi connectivity index (χ0v) is 13.9. The third-order valence-corrected chi connectivity index (χ3v) is 4.49. The van der Waals surface area contributed by atoms with E-state index in [0.717, 1.165) is 23.2 Å². The number of hydrogen-bond acceptors (Lipinski definition) is 2. The summed E-state index contributed by atoms with van der Waals surface area (Å²) in [6.07, 6.45) is 1.33. The van der Waals surface area contributed by atoms with E-state index in [-0.39, 0.29) is 24.3 Å². The molecule has 1 aliphatic rings. The van der Waals surface area contributed by atoms with Crippen LogP contribution in [0, 0.1) is 0 Å². The van der Waals surface area contributed by atoms with Crippen LogP contribution in [0.15, 0.2) is 54.6 Å². The number of nitrogens with one attached hydrogen (secondary N) is 1. The fourth-order valence-electron chi connectivity index (χ4n) is 3.19. The number of nitrogens with zero attached hydrogens (tertiary/aromatic N) is 1. The largest absolute Gasteiger partial charge is 0.333 e. The Morgan fingerprint density at radius 2 is 1.83 bits per heavy atom. The molecule has 4 nitrogen and oxygen atoms in total. The Hall–Kier alpha value is -2.62. The molecule has 0 spiro atoms. The number of aryl methyl sites for hydroxylation is 1. The lowest BCUT2D eigenvalue weighted by Crippen LogP contribution is -2.34. The summed E-state index contributed by atoms with van der Waals surface area (Å²) < 4.78 is 0. The van der Waals surface area contributed by atoms with Crippen molar-refractivity contribution in [3.63, 3.8) is 0 Å². The van der Waals surface area contributed by atoms with Crippen molar-refractivity contribution in [2.45, 2.75) is 25.7 Å². The number of anilines is 1. The minimum atomic E-state index is -0.141. The molecule has 1 aliphatic heterocycles. The van der Waals surface area contributed by atoms with Gasteiger partial charge < -0.3 is 10.2 Å². The van der Waals surface area contributed by atoms with Crippen LogP contribution < -0.4 is 5.32 Å². The van der Waals surface area contributed by atoms with E-state index in [2.05, 4.69) is 12.2 Å². The van der Waals surface area contributed by atoms with Gasteiger partial charge in [-0.3, -0.25) is 9.59 Å². The minimum Gasteiger partial charge on any atom is -0.333 e. The molecule has 1 fully saturated rings. The maximum atomic E-state index is 12.3. The Kier molecular flexibility index (Phi) is 4.94. The van der Waals surface area contributed by atoms with E-state index < -0.39 is 0 Å². The van der Waals surface area contributed by atoms with Crippen LogP contribution >= 0.6 is 0 Å². The second-order valence-electron chi connectivity index (χ2n) is 6.14. The Balaban J connectivity index is 1.61. The number of benzene rings is 2. The quantitative estimate of drug-likeness (QED) is 0.919. The topological polar surface area (TPSA) is 49.4 Å². The van der Waals surface area contributed by atoms with Crippen molar-refractivity contribution >= 4 is 17.5 Å². The molecule has 0 radical (unpaired) electrons. The van der Waals surface area contributed by atoms with Gasteiger partial charge in [-0.25, -0.2) is 0 Å². The third-order valence-electron chi connectivity index (χ3n) is 4.49. The fraction of sp³-hybridized carbons (Fsp3) is 0.300. The maximum Gasteiger partial charge on any atom is 0.244 e. The van der Waals surface area contributed by atoms with Gasteiger partial charge in [0.2, 0.25) is 11.8 Å². The molecule has 0 aromatic heterocycles. The van der Waals surface area contributed by atoms with Crippen molar-refractivity contribution in [2.75, 3.05) is 18.4 Å². The first kappa shape index (κ1) is 16.2. The van der Waals surface area contributed by atoms with Crippen LogP contribution in [0.5, 0.6) is 0 Å². The molecule has 4 heteroatoms. The monoisotopic (exact) mass is 322 g/mol. The van der Waals surface area contributed by atoms with Crippen molar-refractivity contribution in [3.8, 4) is 0 Å². The number of para-hydroxylation sites is 1. The van der Waals surface area contributed by atoms with E-state index in [9.17, 15) is 9.59 Å². The zero-order chi connectivity index (χ0) is 16.9. The highest BCUT2D eigenvalue weighted by Gasteiger charge is 2.31. The number of likely N-dealkylation sites (tertiary alicyclic amines) is 1. The molecule has 0 saturated carbocycles. The molecule has 0 aliphatic carbocycles. The Labute approximate surface area is 142 Å². The average Bonchev–Trinajstić information content (AvgIpc) is 2.97. The normalized spacial score (nSPS) is 17.1. The molecule has 1 heterocycles. The van der Waals surface area contributed by atoms with Gasteiger partial charge in [-0.05, 0) is 23.6 Å². The molecular weight excluding hydrogens is 300 g/mol. The molecule has 2 amide bonds. The van der Waals surface area contributed by atoms with Gasteiger partial charge in [0.05, 0.1) is 6.54 Å². The maximum absolute atomic E-state index is 12.3. The number of hydrogen-bond donors (Lipinski definition) is 1. The van der Waals surface area contributed by atoms with Gasteiger partial charge in [0.25, 0.3) is 0 Å². The van der Waals surface area contributed by atoms with Crippen molar-refractivity contribution in [1.82, 2.24) is 4.90 Å². The first-order valence-electron chi connectivity index (χ1n) is 8.38. The van der Waals surface area contributed by atoms with Crippen molar-refractivity contribution in [2.24, 2.45) is 0 Å². The summed E-state index contributed by atoms with van der Waals surface area (Å²) in [6, 6.07) is 17.8. The lowest BCUT2D eigenvalue weighted by Gasteiger charge is -2.17. The Bertz CT molecular complexity index is 727. The van der Waals surface area contributed by atoms with Crippen LogP contribution in [0.2, 0.25) is 0 Å². The molecule has 24 heavy (non-hydrogen) atoms. The molecule has 1 atom stereocenters. The summed E-state index contributed by atoms with van der Waals surface area (Å²) in [7, 11) is 0. The van der Waals surface area contributed by atoms with E-state index in [1.165, 1.54) is 0 Å².